The summed E-state index contributed by atoms with van der Waals surface area (Å²) in [5.41, 5.74) is 3.50. The van der Waals surface area contributed by atoms with Crippen LogP contribution in [0.5, 0.6) is 0 Å². The molecule has 0 aromatic carbocycles. The number of Topliss-reactive ketones (excluding diaryl/α,β-unsaturated/α-hetero) is 1. The molecule has 2 rings (SSSR count). The van der Waals surface area contributed by atoms with Crippen molar-refractivity contribution in [1.82, 2.24) is 4.90 Å². The maximum absolute atomic E-state index is 12.1. The Bertz CT molecular complexity index is 480. The number of carbonyl (C=O) groups excluding carboxylic acids is 2. The molecule has 1 aliphatic carbocycles. The van der Waals surface area contributed by atoms with Crippen LogP contribution in [0.1, 0.15) is 19.3 Å². The van der Waals surface area contributed by atoms with Crippen LogP contribution in [0, 0.1) is 5.92 Å². The zero-order valence-electron chi connectivity index (χ0n) is 10.7. The number of halogens is 3. The number of fused-ring (bicyclic) bond motifs is 2. The van der Waals surface area contributed by atoms with Gasteiger partial charge >= 0.3 is 6.09 Å². The standard InChI is InChI=1S/C13H14Cl3NO3/c1-2-8-6-17(12(19)20-7-13(14,15)16)9-3-4-11(18)10(8)5-9/h9-10H,1,3-7H2/t9-,10+/m1/s1. The van der Waals surface area contributed by atoms with Gasteiger partial charge in [-0.3, -0.25) is 4.79 Å². The molecule has 1 heterocycles. The molecule has 0 unspecified atom stereocenters. The second-order valence-electron chi connectivity index (χ2n) is 4.95. The molecule has 7 heteroatoms. The van der Waals surface area contributed by atoms with Gasteiger partial charge in [0.25, 0.3) is 0 Å². The molecule has 2 aliphatic rings. The molecule has 0 spiro atoms. The molecule has 0 N–H and O–H groups in total. The summed E-state index contributed by atoms with van der Waals surface area (Å²) < 4.78 is 3.37. The minimum atomic E-state index is -1.63. The van der Waals surface area contributed by atoms with Crippen LogP contribution in [0.4, 0.5) is 4.79 Å². The van der Waals surface area contributed by atoms with Gasteiger partial charge in [0, 0.05) is 24.0 Å². The van der Waals surface area contributed by atoms with E-state index in [1.165, 1.54) is 0 Å². The summed E-state index contributed by atoms with van der Waals surface area (Å²) in [4.78, 5) is 25.5. The Hall–Kier alpha value is -0.670. The largest absolute Gasteiger partial charge is 0.445 e. The number of carbonyl (C=O) groups is 2. The van der Waals surface area contributed by atoms with Crippen molar-refractivity contribution in [2.24, 2.45) is 5.92 Å². The highest BCUT2D eigenvalue weighted by Crippen LogP contribution is 2.36. The highest BCUT2D eigenvalue weighted by atomic mass is 35.6. The predicted molar refractivity (Wildman–Crippen MR) is 77.1 cm³/mol. The normalized spacial score (nSPS) is 26.2. The Morgan fingerprint density at radius 3 is 2.80 bits per heavy atom. The molecule has 2 fully saturated rings. The van der Waals surface area contributed by atoms with E-state index in [9.17, 15) is 9.59 Å². The van der Waals surface area contributed by atoms with E-state index in [0.29, 0.717) is 25.8 Å². The fourth-order valence-corrected chi connectivity index (χ4v) is 2.83. The molecule has 1 saturated carbocycles. The molecular formula is C13H14Cl3NO3. The fraction of sp³-hybridized carbons (Fsp3) is 0.615. The van der Waals surface area contributed by atoms with Crippen molar-refractivity contribution >= 4 is 46.7 Å². The quantitative estimate of drug-likeness (QED) is 0.544. The lowest BCUT2D eigenvalue weighted by atomic mass is 9.76. The summed E-state index contributed by atoms with van der Waals surface area (Å²) in [6.45, 7) is 3.57. The molecule has 110 valence electrons. The summed E-state index contributed by atoms with van der Waals surface area (Å²) in [6, 6.07) is -0.0160. The number of rotatable bonds is 1. The number of alkyl halides is 3. The molecule has 2 atom stereocenters. The van der Waals surface area contributed by atoms with Crippen molar-refractivity contribution in [3.05, 3.63) is 17.9 Å². The van der Waals surface area contributed by atoms with Crippen LogP contribution in [0.3, 0.4) is 0 Å². The van der Waals surface area contributed by atoms with Gasteiger partial charge < -0.3 is 9.64 Å². The van der Waals surface area contributed by atoms with Crippen LogP contribution in [-0.4, -0.2) is 39.8 Å². The molecule has 20 heavy (non-hydrogen) atoms. The van der Waals surface area contributed by atoms with E-state index in [4.69, 9.17) is 39.5 Å². The lowest BCUT2D eigenvalue weighted by Crippen LogP contribution is -2.51. The number of ketones is 1. The lowest BCUT2D eigenvalue weighted by Gasteiger charge is -2.42. The van der Waals surface area contributed by atoms with Crippen LogP contribution in [-0.2, 0) is 9.53 Å². The van der Waals surface area contributed by atoms with E-state index in [0.717, 1.165) is 5.57 Å². The van der Waals surface area contributed by atoms with Crippen molar-refractivity contribution in [2.75, 3.05) is 13.2 Å². The van der Waals surface area contributed by atoms with Crippen LogP contribution >= 0.6 is 34.8 Å². The average molecular weight is 339 g/mol. The highest BCUT2D eigenvalue weighted by Gasteiger charge is 2.42. The summed E-state index contributed by atoms with van der Waals surface area (Å²) in [5, 5.41) is 0. The number of nitrogens with zero attached hydrogens (tertiary/aromatic N) is 1. The third kappa shape index (κ3) is 3.50. The predicted octanol–water partition coefficient (Wildman–Crippen LogP) is 3.26. The maximum Gasteiger partial charge on any atom is 0.410 e. The first-order valence-electron chi connectivity index (χ1n) is 6.23. The maximum atomic E-state index is 12.1. The van der Waals surface area contributed by atoms with Gasteiger partial charge in [-0.15, -0.1) is 5.73 Å². The lowest BCUT2D eigenvalue weighted by molar-refractivity contribution is -0.125. The summed E-state index contributed by atoms with van der Waals surface area (Å²) >= 11 is 16.7. The summed E-state index contributed by atoms with van der Waals surface area (Å²) in [7, 11) is 0. The van der Waals surface area contributed by atoms with Crippen LogP contribution in [0.2, 0.25) is 0 Å². The fourth-order valence-electron chi connectivity index (χ4n) is 2.67. The van der Waals surface area contributed by atoms with E-state index in [1.54, 1.807) is 4.90 Å². The SMILES string of the molecule is C=C=C1CN(C(=O)OCC(Cl)(Cl)Cl)[C@@H]2CCC(=O)[C@H]1C2. The van der Waals surface area contributed by atoms with Gasteiger partial charge in [-0.1, -0.05) is 41.4 Å². The number of hydrogen-bond acceptors (Lipinski definition) is 3. The third-order valence-corrected chi connectivity index (χ3v) is 3.97. The number of amides is 1. The second kappa shape index (κ2) is 5.98. The third-order valence-electron chi connectivity index (χ3n) is 3.64. The van der Waals surface area contributed by atoms with E-state index in [1.807, 2.05) is 0 Å². The van der Waals surface area contributed by atoms with E-state index >= 15 is 0 Å². The van der Waals surface area contributed by atoms with Gasteiger partial charge in [-0.05, 0) is 12.8 Å². The first kappa shape index (κ1) is 15.7. The van der Waals surface area contributed by atoms with Crippen LogP contribution < -0.4 is 0 Å². The van der Waals surface area contributed by atoms with Crippen molar-refractivity contribution in [3.63, 3.8) is 0 Å². The molecule has 4 nitrogen and oxygen atoms in total. The smallest absolute Gasteiger partial charge is 0.410 e. The molecule has 0 radical (unpaired) electrons. The first-order valence-corrected chi connectivity index (χ1v) is 7.37. The highest BCUT2D eigenvalue weighted by molar-refractivity contribution is 6.67. The van der Waals surface area contributed by atoms with Gasteiger partial charge in [-0.25, -0.2) is 4.79 Å². The van der Waals surface area contributed by atoms with Gasteiger partial charge in [0.1, 0.15) is 12.4 Å². The minimum Gasteiger partial charge on any atom is -0.445 e. The van der Waals surface area contributed by atoms with Gasteiger partial charge in [0.05, 0.1) is 6.54 Å². The first-order chi connectivity index (χ1) is 9.31. The van der Waals surface area contributed by atoms with E-state index in [2.05, 4.69) is 12.3 Å². The Kier molecular flexibility index (Phi) is 4.70. The topological polar surface area (TPSA) is 46.6 Å². The molecule has 1 amide bonds. The van der Waals surface area contributed by atoms with Crippen LogP contribution in [0.25, 0.3) is 0 Å². The van der Waals surface area contributed by atoms with Crippen molar-refractivity contribution < 1.29 is 14.3 Å². The monoisotopic (exact) mass is 337 g/mol. The van der Waals surface area contributed by atoms with Crippen LogP contribution in [0.15, 0.2) is 17.9 Å². The summed E-state index contributed by atoms with van der Waals surface area (Å²) in [5.74, 6) is 0.0326. The minimum absolute atomic E-state index is 0.0160. The molecular weight excluding hydrogens is 325 g/mol. The molecule has 0 aromatic rings. The number of likely N-dealkylation sites (tertiary alicyclic amines) is 1. The molecule has 1 aliphatic heterocycles. The second-order valence-corrected chi connectivity index (χ2v) is 7.46. The average Bonchev–Trinajstić information content (AvgIpc) is 2.39. The van der Waals surface area contributed by atoms with Gasteiger partial charge in [0.15, 0.2) is 0 Å². The van der Waals surface area contributed by atoms with Crippen molar-refractivity contribution in [3.8, 4) is 0 Å². The van der Waals surface area contributed by atoms with E-state index in [-0.39, 0.29) is 24.3 Å². The zero-order chi connectivity index (χ0) is 14.9. The Balaban J connectivity index is 2.07. The molecule has 1 saturated heterocycles. The Labute approximate surface area is 132 Å². The van der Waals surface area contributed by atoms with Gasteiger partial charge in [0.2, 0.25) is 3.79 Å². The number of piperidine rings is 1. The summed E-state index contributed by atoms with van der Waals surface area (Å²) in [6.07, 6.45) is 1.15. The van der Waals surface area contributed by atoms with Gasteiger partial charge in [-0.2, -0.15) is 0 Å². The Morgan fingerprint density at radius 2 is 2.20 bits per heavy atom. The van der Waals surface area contributed by atoms with E-state index < -0.39 is 9.89 Å². The number of ether oxygens (including phenoxy) is 1. The van der Waals surface area contributed by atoms with Crippen molar-refractivity contribution in [2.45, 2.75) is 29.1 Å². The molecule has 0 aromatic heterocycles. The Morgan fingerprint density at radius 1 is 1.50 bits per heavy atom. The molecule has 2 bridgehead atoms. The zero-order valence-corrected chi connectivity index (χ0v) is 13.0. The van der Waals surface area contributed by atoms with Crippen molar-refractivity contribution in [1.29, 1.82) is 0 Å². The number of hydrogen-bond donors (Lipinski definition) is 0.